The second-order valence-corrected chi connectivity index (χ2v) is 5.76. The lowest BCUT2D eigenvalue weighted by atomic mass is 10.1. The van der Waals surface area contributed by atoms with Gasteiger partial charge in [0.1, 0.15) is 5.58 Å². The van der Waals surface area contributed by atoms with Crippen molar-refractivity contribution in [1.82, 2.24) is 10.9 Å². The van der Waals surface area contributed by atoms with E-state index < -0.39 is 24.2 Å². The quantitative estimate of drug-likeness (QED) is 0.610. The van der Waals surface area contributed by atoms with Gasteiger partial charge in [-0.1, -0.05) is 30.3 Å². The zero-order valence-corrected chi connectivity index (χ0v) is 15.2. The van der Waals surface area contributed by atoms with E-state index in [0.717, 1.165) is 5.39 Å². The average molecular weight is 386 g/mol. The topological polar surface area (TPSA) is 89.8 Å². The van der Waals surface area contributed by atoms with Gasteiger partial charge in [0, 0.05) is 17.6 Å². The summed E-state index contributed by atoms with van der Waals surface area (Å²) in [5.41, 5.74) is 5.61. The van der Waals surface area contributed by atoms with Crippen LogP contribution in [0.4, 0.5) is 4.39 Å². The van der Waals surface area contributed by atoms with E-state index in [9.17, 15) is 14.0 Å². The predicted molar refractivity (Wildman–Crippen MR) is 99.0 cm³/mol. The van der Waals surface area contributed by atoms with Gasteiger partial charge in [-0.3, -0.25) is 20.4 Å². The number of hydrogen-bond acceptors (Lipinski definition) is 5. The van der Waals surface area contributed by atoms with E-state index in [1.807, 2.05) is 19.1 Å². The zero-order chi connectivity index (χ0) is 19.9. The molecule has 0 aliphatic heterocycles. The summed E-state index contributed by atoms with van der Waals surface area (Å²) in [6, 6.07) is 12.9. The van der Waals surface area contributed by atoms with Crippen LogP contribution in [0.3, 0.4) is 0 Å². The molecule has 2 aromatic carbocycles. The lowest BCUT2D eigenvalue weighted by Gasteiger charge is -2.09. The fraction of sp³-hybridized carbons (Fsp3) is 0.200. The van der Waals surface area contributed by atoms with Crippen LogP contribution in [0.25, 0.3) is 11.0 Å². The molecule has 7 nitrogen and oxygen atoms in total. The first-order valence-corrected chi connectivity index (χ1v) is 8.64. The van der Waals surface area contributed by atoms with E-state index in [1.54, 1.807) is 18.2 Å². The molecule has 3 rings (SSSR count). The molecule has 0 saturated heterocycles. The molecular weight excluding hydrogens is 367 g/mol. The molecule has 1 aromatic heterocycles. The van der Waals surface area contributed by atoms with Gasteiger partial charge in [-0.05, 0) is 25.1 Å². The molecule has 0 aliphatic rings. The normalized spacial score (nSPS) is 10.6. The minimum atomic E-state index is -0.654. The molecule has 8 heteroatoms. The number of halogens is 1. The maximum Gasteiger partial charge on any atom is 0.305 e. The summed E-state index contributed by atoms with van der Waals surface area (Å²) >= 11 is 0. The third-order valence-corrected chi connectivity index (χ3v) is 3.87. The van der Waals surface area contributed by atoms with E-state index in [4.69, 9.17) is 13.9 Å². The van der Waals surface area contributed by atoms with Crippen LogP contribution in [0.1, 0.15) is 23.0 Å². The summed E-state index contributed by atoms with van der Waals surface area (Å²) in [5.74, 6) is -1.88. The van der Waals surface area contributed by atoms with Crippen LogP contribution < -0.4 is 15.6 Å². The molecule has 0 aliphatic carbocycles. The highest BCUT2D eigenvalue weighted by Gasteiger charge is 2.21. The van der Waals surface area contributed by atoms with Crippen LogP contribution in [0.5, 0.6) is 5.75 Å². The summed E-state index contributed by atoms with van der Waals surface area (Å²) in [6.45, 7) is 2.05. The summed E-state index contributed by atoms with van der Waals surface area (Å²) in [7, 11) is 0. The highest BCUT2D eigenvalue weighted by molar-refractivity contribution is 5.99. The second-order valence-electron chi connectivity index (χ2n) is 5.76. The Morgan fingerprint density at radius 3 is 2.61 bits per heavy atom. The Morgan fingerprint density at radius 2 is 1.82 bits per heavy atom. The standard InChI is InChI=1S/C20H19FN2O5/c1-2-26-11-14-13-7-3-5-9-16(13)28-19(14)20(25)23-22-18(24)12-27-17-10-6-4-8-15(17)21/h3-10H,2,11-12H2,1H3,(H,22,24)(H,23,25). The smallest absolute Gasteiger partial charge is 0.305 e. The van der Waals surface area contributed by atoms with Gasteiger partial charge in [-0.25, -0.2) is 4.39 Å². The van der Waals surface area contributed by atoms with E-state index in [0.29, 0.717) is 17.8 Å². The molecule has 0 unspecified atom stereocenters. The van der Waals surface area contributed by atoms with Crippen LogP contribution in [0, 0.1) is 5.82 Å². The SMILES string of the molecule is CCOCc1c(C(=O)NNC(=O)COc2ccccc2F)oc2ccccc12. The second kappa shape index (κ2) is 9.01. The zero-order valence-electron chi connectivity index (χ0n) is 15.2. The number of amides is 2. The number of carbonyl (C=O) groups excluding carboxylic acids is 2. The molecule has 0 radical (unpaired) electrons. The Labute approximate surface area is 160 Å². The van der Waals surface area contributed by atoms with Crippen molar-refractivity contribution < 1.29 is 27.9 Å². The number of para-hydroxylation sites is 2. The summed E-state index contributed by atoms with van der Waals surface area (Å²) in [5, 5.41) is 0.760. The molecule has 3 aromatic rings. The van der Waals surface area contributed by atoms with Crippen molar-refractivity contribution in [3.05, 3.63) is 65.7 Å². The van der Waals surface area contributed by atoms with Crippen molar-refractivity contribution in [1.29, 1.82) is 0 Å². The molecule has 28 heavy (non-hydrogen) atoms. The molecule has 146 valence electrons. The maximum absolute atomic E-state index is 13.5. The van der Waals surface area contributed by atoms with E-state index in [-0.39, 0.29) is 18.1 Å². The number of ether oxygens (including phenoxy) is 2. The fourth-order valence-corrected chi connectivity index (χ4v) is 2.55. The highest BCUT2D eigenvalue weighted by Crippen LogP contribution is 2.26. The van der Waals surface area contributed by atoms with Crippen molar-refractivity contribution in [2.24, 2.45) is 0 Å². The Hall–Kier alpha value is -3.39. The summed E-state index contributed by atoms with van der Waals surface area (Å²) in [4.78, 5) is 24.3. The third-order valence-electron chi connectivity index (χ3n) is 3.87. The van der Waals surface area contributed by atoms with Gasteiger partial charge in [0.15, 0.2) is 23.9 Å². The number of rotatable bonds is 7. The van der Waals surface area contributed by atoms with Crippen molar-refractivity contribution in [2.45, 2.75) is 13.5 Å². The summed E-state index contributed by atoms with van der Waals surface area (Å²) < 4.78 is 29.6. The van der Waals surface area contributed by atoms with Gasteiger partial charge in [-0.2, -0.15) is 0 Å². The molecule has 0 atom stereocenters. The number of nitrogens with one attached hydrogen (secondary N) is 2. The van der Waals surface area contributed by atoms with Gasteiger partial charge >= 0.3 is 5.91 Å². The average Bonchev–Trinajstić information content (AvgIpc) is 3.08. The van der Waals surface area contributed by atoms with Gasteiger partial charge in [0.2, 0.25) is 0 Å². The number of furan rings is 1. The molecule has 1 heterocycles. The van der Waals surface area contributed by atoms with E-state index >= 15 is 0 Å². The molecule has 2 N–H and O–H groups in total. The number of fused-ring (bicyclic) bond motifs is 1. The largest absolute Gasteiger partial charge is 0.481 e. The van der Waals surface area contributed by atoms with E-state index in [1.165, 1.54) is 18.2 Å². The van der Waals surface area contributed by atoms with Crippen molar-refractivity contribution in [2.75, 3.05) is 13.2 Å². The third kappa shape index (κ3) is 4.47. The number of hydrogen-bond donors (Lipinski definition) is 2. The van der Waals surface area contributed by atoms with Gasteiger partial charge < -0.3 is 13.9 Å². The monoisotopic (exact) mass is 386 g/mol. The van der Waals surface area contributed by atoms with Gasteiger partial charge in [0.05, 0.1) is 6.61 Å². The van der Waals surface area contributed by atoms with Crippen molar-refractivity contribution >= 4 is 22.8 Å². The van der Waals surface area contributed by atoms with Crippen LogP contribution in [-0.2, 0) is 16.1 Å². The van der Waals surface area contributed by atoms with Crippen LogP contribution in [-0.4, -0.2) is 25.0 Å². The Kier molecular flexibility index (Phi) is 6.23. The van der Waals surface area contributed by atoms with E-state index in [2.05, 4.69) is 10.9 Å². The Balaban J connectivity index is 1.63. The number of hydrazine groups is 1. The molecule has 2 amide bonds. The minimum Gasteiger partial charge on any atom is -0.481 e. The maximum atomic E-state index is 13.5. The van der Waals surface area contributed by atoms with Crippen LogP contribution in [0.15, 0.2) is 52.9 Å². The minimum absolute atomic E-state index is 0.0463. The first-order valence-electron chi connectivity index (χ1n) is 8.64. The van der Waals surface area contributed by atoms with Crippen molar-refractivity contribution in [3.63, 3.8) is 0 Å². The highest BCUT2D eigenvalue weighted by atomic mass is 19.1. The molecular formula is C20H19FN2O5. The Morgan fingerprint density at radius 1 is 1.07 bits per heavy atom. The fourth-order valence-electron chi connectivity index (χ4n) is 2.55. The molecule has 0 bridgehead atoms. The first-order chi connectivity index (χ1) is 13.6. The first kappa shape index (κ1) is 19.4. The lowest BCUT2D eigenvalue weighted by Crippen LogP contribution is -2.44. The number of carbonyl (C=O) groups is 2. The lowest BCUT2D eigenvalue weighted by molar-refractivity contribution is -0.123. The number of benzene rings is 2. The molecule has 0 spiro atoms. The van der Waals surface area contributed by atoms with Crippen LogP contribution in [0.2, 0.25) is 0 Å². The van der Waals surface area contributed by atoms with Gasteiger partial charge in [0.25, 0.3) is 5.91 Å². The van der Waals surface area contributed by atoms with Gasteiger partial charge in [-0.15, -0.1) is 0 Å². The van der Waals surface area contributed by atoms with Crippen LogP contribution >= 0.6 is 0 Å². The molecule has 0 fully saturated rings. The Bertz CT molecular complexity index is 986. The molecule has 0 saturated carbocycles. The van der Waals surface area contributed by atoms with Crippen molar-refractivity contribution in [3.8, 4) is 5.75 Å². The predicted octanol–water partition coefficient (Wildman–Crippen LogP) is 2.95. The summed E-state index contributed by atoms with van der Waals surface area (Å²) in [6.07, 6.45) is 0.